The first kappa shape index (κ1) is 11.8. The molecule has 0 spiro atoms. The Morgan fingerprint density at radius 3 is 2.43 bits per heavy atom. The Labute approximate surface area is 94.7 Å². The fraction of sp³-hybridized carbons (Fsp3) is 0.700. The zero-order chi connectivity index (χ0) is 10.7. The summed E-state index contributed by atoms with van der Waals surface area (Å²) in [6.45, 7) is 8.44. The Kier molecular flexibility index (Phi) is 4.20. The van der Waals surface area contributed by atoms with E-state index in [4.69, 9.17) is 11.6 Å². The van der Waals surface area contributed by atoms with Crippen molar-refractivity contribution in [3.05, 3.63) is 10.6 Å². The Morgan fingerprint density at radius 1 is 1.43 bits per heavy atom. The van der Waals surface area contributed by atoms with Gasteiger partial charge in [-0.3, -0.25) is 0 Å². The number of alkyl halides is 1. The lowest BCUT2D eigenvalue weighted by molar-refractivity contribution is 0.564. The maximum absolute atomic E-state index is 5.87. The van der Waals surface area contributed by atoms with Crippen LogP contribution in [0.2, 0.25) is 0 Å². The summed E-state index contributed by atoms with van der Waals surface area (Å²) >= 11 is 7.57. The van der Waals surface area contributed by atoms with E-state index in [0.29, 0.717) is 17.8 Å². The van der Waals surface area contributed by atoms with Crippen molar-refractivity contribution < 1.29 is 0 Å². The van der Waals surface area contributed by atoms with Gasteiger partial charge in [0, 0.05) is 16.8 Å². The smallest absolute Gasteiger partial charge is 0.183 e. The number of aryl methyl sites for hydroxylation is 2. The fourth-order valence-corrected chi connectivity index (χ4v) is 2.39. The normalized spacial score (nSPS) is 13.3. The quantitative estimate of drug-likeness (QED) is 0.805. The van der Waals surface area contributed by atoms with E-state index >= 15 is 0 Å². The Hall–Kier alpha value is -0.280. The van der Waals surface area contributed by atoms with Crippen LogP contribution in [-0.4, -0.2) is 16.9 Å². The second-order valence-electron chi connectivity index (χ2n) is 3.81. The SMILES string of the molecule is Cc1nc(NC(CCl)C(C)C)sc1C. The van der Waals surface area contributed by atoms with Crippen molar-refractivity contribution in [1.82, 2.24) is 4.98 Å². The molecule has 1 aromatic heterocycles. The summed E-state index contributed by atoms with van der Waals surface area (Å²) in [5.41, 5.74) is 1.11. The number of halogens is 1. The van der Waals surface area contributed by atoms with Gasteiger partial charge >= 0.3 is 0 Å². The zero-order valence-corrected chi connectivity index (χ0v) is 10.7. The van der Waals surface area contributed by atoms with Gasteiger partial charge in [-0.2, -0.15) is 0 Å². The third-order valence-corrected chi connectivity index (χ3v) is 3.64. The molecule has 2 nitrogen and oxygen atoms in total. The molecule has 0 aliphatic heterocycles. The van der Waals surface area contributed by atoms with Crippen LogP contribution in [-0.2, 0) is 0 Å². The molecule has 1 heterocycles. The Bertz CT molecular complexity index is 277. The number of hydrogen-bond acceptors (Lipinski definition) is 3. The van der Waals surface area contributed by atoms with Crippen LogP contribution in [0.5, 0.6) is 0 Å². The Morgan fingerprint density at radius 2 is 2.07 bits per heavy atom. The van der Waals surface area contributed by atoms with E-state index in [2.05, 4.69) is 31.1 Å². The van der Waals surface area contributed by atoms with Crippen molar-refractivity contribution in [2.75, 3.05) is 11.2 Å². The molecular weight excluding hydrogens is 216 g/mol. The third kappa shape index (κ3) is 2.85. The van der Waals surface area contributed by atoms with Crippen LogP contribution in [0.3, 0.4) is 0 Å². The summed E-state index contributed by atoms with van der Waals surface area (Å²) in [5.74, 6) is 1.15. The molecule has 0 saturated heterocycles. The molecule has 0 aromatic carbocycles. The Balaban J connectivity index is 2.67. The fourth-order valence-electron chi connectivity index (χ4n) is 1.08. The van der Waals surface area contributed by atoms with Crippen LogP contribution >= 0.6 is 22.9 Å². The highest BCUT2D eigenvalue weighted by molar-refractivity contribution is 7.15. The van der Waals surface area contributed by atoms with Gasteiger partial charge in [0.15, 0.2) is 5.13 Å². The van der Waals surface area contributed by atoms with Crippen LogP contribution in [0.4, 0.5) is 5.13 Å². The van der Waals surface area contributed by atoms with E-state index < -0.39 is 0 Å². The molecule has 0 aliphatic rings. The molecule has 0 amide bonds. The zero-order valence-electron chi connectivity index (χ0n) is 9.10. The molecule has 1 unspecified atom stereocenters. The summed E-state index contributed by atoms with van der Waals surface area (Å²) < 4.78 is 0. The number of rotatable bonds is 4. The highest BCUT2D eigenvalue weighted by Gasteiger charge is 2.13. The molecule has 1 N–H and O–H groups in total. The van der Waals surface area contributed by atoms with Crippen LogP contribution < -0.4 is 5.32 Å². The minimum atomic E-state index is 0.307. The van der Waals surface area contributed by atoms with Gasteiger partial charge in [-0.1, -0.05) is 13.8 Å². The van der Waals surface area contributed by atoms with E-state index in [1.165, 1.54) is 4.88 Å². The number of anilines is 1. The monoisotopic (exact) mass is 232 g/mol. The van der Waals surface area contributed by atoms with Crippen LogP contribution in [0.25, 0.3) is 0 Å². The average Bonchev–Trinajstić information content (AvgIpc) is 2.41. The molecule has 1 aromatic rings. The maximum atomic E-state index is 5.87. The van der Waals surface area contributed by atoms with Gasteiger partial charge < -0.3 is 5.32 Å². The van der Waals surface area contributed by atoms with Gasteiger partial charge in [0.2, 0.25) is 0 Å². The summed E-state index contributed by atoms with van der Waals surface area (Å²) in [5, 5.41) is 4.35. The topological polar surface area (TPSA) is 24.9 Å². The standard InChI is InChI=1S/C10H17ClN2S/c1-6(2)9(5-11)13-10-12-7(3)8(4)14-10/h6,9H,5H2,1-4H3,(H,12,13). The number of nitrogens with zero attached hydrogens (tertiary/aromatic N) is 1. The summed E-state index contributed by atoms with van der Waals surface area (Å²) in [4.78, 5) is 5.70. The highest BCUT2D eigenvalue weighted by atomic mass is 35.5. The lowest BCUT2D eigenvalue weighted by atomic mass is 10.1. The van der Waals surface area contributed by atoms with E-state index in [0.717, 1.165) is 10.8 Å². The molecule has 14 heavy (non-hydrogen) atoms. The lowest BCUT2D eigenvalue weighted by Crippen LogP contribution is -2.27. The predicted molar refractivity (Wildman–Crippen MR) is 64.6 cm³/mol. The molecule has 4 heteroatoms. The minimum Gasteiger partial charge on any atom is -0.357 e. The molecule has 1 rings (SSSR count). The van der Waals surface area contributed by atoms with Gasteiger partial charge in [-0.15, -0.1) is 22.9 Å². The first-order valence-corrected chi connectivity index (χ1v) is 6.16. The molecule has 80 valence electrons. The van der Waals surface area contributed by atoms with Crippen LogP contribution in [0, 0.1) is 19.8 Å². The van der Waals surface area contributed by atoms with E-state index in [-0.39, 0.29) is 0 Å². The molecule has 0 radical (unpaired) electrons. The van der Waals surface area contributed by atoms with Crippen molar-refractivity contribution in [1.29, 1.82) is 0 Å². The van der Waals surface area contributed by atoms with Gasteiger partial charge in [0.25, 0.3) is 0 Å². The minimum absolute atomic E-state index is 0.307. The van der Waals surface area contributed by atoms with Gasteiger partial charge in [0.05, 0.1) is 5.69 Å². The van der Waals surface area contributed by atoms with Crippen LogP contribution in [0.1, 0.15) is 24.4 Å². The summed E-state index contributed by atoms with van der Waals surface area (Å²) in [6, 6.07) is 0.307. The largest absolute Gasteiger partial charge is 0.357 e. The predicted octanol–water partition coefficient (Wildman–Crippen LogP) is 3.44. The number of nitrogens with one attached hydrogen (secondary N) is 1. The molecule has 0 fully saturated rings. The average molecular weight is 233 g/mol. The van der Waals surface area contributed by atoms with Crippen molar-refractivity contribution in [2.24, 2.45) is 5.92 Å². The second-order valence-corrected chi connectivity index (χ2v) is 5.32. The van der Waals surface area contributed by atoms with E-state index in [1.807, 2.05) is 6.92 Å². The molecule has 0 saturated carbocycles. The molecule has 1 atom stereocenters. The third-order valence-electron chi connectivity index (χ3n) is 2.31. The van der Waals surface area contributed by atoms with Gasteiger partial charge in [-0.25, -0.2) is 4.98 Å². The van der Waals surface area contributed by atoms with Crippen molar-refractivity contribution >= 4 is 28.1 Å². The molecule has 0 bridgehead atoms. The highest BCUT2D eigenvalue weighted by Crippen LogP contribution is 2.23. The summed E-state index contributed by atoms with van der Waals surface area (Å²) in [7, 11) is 0. The first-order chi connectivity index (χ1) is 6.54. The van der Waals surface area contributed by atoms with Crippen LogP contribution in [0.15, 0.2) is 0 Å². The lowest BCUT2D eigenvalue weighted by Gasteiger charge is -2.18. The van der Waals surface area contributed by atoms with Crippen molar-refractivity contribution in [2.45, 2.75) is 33.7 Å². The van der Waals surface area contributed by atoms with Gasteiger partial charge in [-0.05, 0) is 19.8 Å². The molecular formula is C10H17ClN2S. The summed E-state index contributed by atoms with van der Waals surface area (Å²) in [6.07, 6.45) is 0. The van der Waals surface area contributed by atoms with Gasteiger partial charge in [0.1, 0.15) is 0 Å². The second kappa shape index (κ2) is 4.99. The van der Waals surface area contributed by atoms with Crippen molar-refractivity contribution in [3.63, 3.8) is 0 Å². The number of thiazole rings is 1. The maximum Gasteiger partial charge on any atom is 0.183 e. The number of hydrogen-bond donors (Lipinski definition) is 1. The number of aromatic nitrogens is 1. The first-order valence-electron chi connectivity index (χ1n) is 4.81. The molecule has 0 aliphatic carbocycles. The van der Waals surface area contributed by atoms with E-state index in [9.17, 15) is 0 Å². The van der Waals surface area contributed by atoms with Crippen molar-refractivity contribution in [3.8, 4) is 0 Å². The van der Waals surface area contributed by atoms with E-state index in [1.54, 1.807) is 11.3 Å².